The lowest BCUT2D eigenvalue weighted by molar-refractivity contribution is -0.384. The summed E-state index contributed by atoms with van der Waals surface area (Å²) in [5.41, 5.74) is 0.232. The van der Waals surface area contributed by atoms with E-state index in [0.29, 0.717) is 18.7 Å². The van der Waals surface area contributed by atoms with Crippen LogP contribution in [0.5, 0.6) is 0 Å². The van der Waals surface area contributed by atoms with Crippen LogP contribution in [0.4, 0.5) is 5.69 Å². The number of aliphatic hydroxyl groups is 1. The Kier molecular flexibility index (Phi) is 4.75. The highest BCUT2D eigenvalue weighted by molar-refractivity contribution is 7.15. The van der Waals surface area contributed by atoms with Crippen LogP contribution in [0, 0.1) is 10.1 Å². The molecule has 2 N–H and O–H groups in total. The molecule has 0 radical (unpaired) electrons. The highest BCUT2D eigenvalue weighted by Crippen LogP contribution is 2.34. The van der Waals surface area contributed by atoms with Crippen molar-refractivity contribution in [1.82, 2.24) is 5.32 Å². The summed E-state index contributed by atoms with van der Waals surface area (Å²) < 4.78 is 0. The zero-order valence-corrected chi connectivity index (χ0v) is 13.6. The summed E-state index contributed by atoms with van der Waals surface area (Å²) in [5.74, 6) is 0. The van der Waals surface area contributed by atoms with Gasteiger partial charge in [-0.05, 0) is 31.0 Å². The van der Waals surface area contributed by atoms with Crippen LogP contribution in [0.15, 0.2) is 36.4 Å². The maximum Gasteiger partial charge on any atom is 0.278 e. The van der Waals surface area contributed by atoms with E-state index in [9.17, 15) is 15.2 Å². The Morgan fingerprint density at radius 1 is 1.22 bits per heavy atom. The van der Waals surface area contributed by atoms with Gasteiger partial charge in [-0.3, -0.25) is 10.1 Å². The van der Waals surface area contributed by atoms with E-state index in [1.54, 1.807) is 23.5 Å². The summed E-state index contributed by atoms with van der Waals surface area (Å²) in [6.45, 7) is 1.28. The molecule has 0 saturated heterocycles. The average Bonchev–Trinajstić information content (AvgIpc) is 3.17. The van der Waals surface area contributed by atoms with Crippen molar-refractivity contribution in [2.24, 2.45) is 0 Å². The number of nitrogens with one attached hydrogen (secondary N) is 1. The first-order valence-electron chi connectivity index (χ1n) is 7.83. The topological polar surface area (TPSA) is 75.4 Å². The van der Waals surface area contributed by atoms with Crippen molar-refractivity contribution in [3.8, 4) is 10.4 Å². The third-order valence-corrected chi connectivity index (χ3v) is 5.43. The van der Waals surface area contributed by atoms with E-state index in [4.69, 9.17) is 0 Å². The summed E-state index contributed by atoms with van der Waals surface area (Å²) in [6.07, 6.45) is 3.93. The van der Waals surface area contributed by atoms with Crippen LogP contribution in [0.1, 0.15) is 30.6 Å². The largest absolute Gasteiger partial charge is 0.389 e. The lowest BCUT2D eigenvalue weighted by Crippen LogP contribution is -2.37. The normalized spacial score (nSPS) is 16.6. The predicted octanol–water partition coefficient (Wildman–Crippen LogP) is 3.72. The van der Waals surface area contributed by atoms with Crippen molar-refractivity contribution in [2.75, 3.05) is 6.54 Å². The van der Waals surface area contributed by atoms with Crippen LogP contribution >= 0.6 is 11.3 Å². The van der Waals surface area contributed by atoms with E-state index >= 15 is 0 Å². The maximum atomic E-state index is 11.1. The molecule has 3 rings (SSSR count). The molecule has 5 nitrogen and oxygen atoms in total. The first-order chi connectivity index (χ1) is 11.1. The molecule has 1 aromatic carbocycles. The van der Waals surface area contributed by atoms with Gasteiger partial charge in [-0.15, -0.1) is 11.3 Å². The monoisotopic (exact) mass is 332 g/mol. The summed E-state index contributed by atoms with van der Waals surface area (Å²) in [5, 5.41) is 24.8. The lowest BCUT2D eigenvalue weighted by Gasteiger charge is -2.22. The Morgan fingerprint density at radius 2 is 1.96 bits per heavy atom. The quantitative estimate of drug-likeness (QED) is 0.624. The summed E-state index contributed by atoms with van der Waals surface area (Å²) in [6, 6.07) is 10.7. The SMILES string of the molecule is O=[N+]([O-])c1ccccc1-c1ccc(CNCC2(O)CCCC2)s1. The first kappa shape index (κ1) is 16.1. The number of rotatable bonds is 6. The lowest BCUT2D eigenvalue weighted by atomic mass is 10.0. The van der Waals surface area contributed by atoms with Gasteiger partial charge in [0.15, 0.2) is 0 Å². The van der Waals surface area contributed by atoms with Gasteiger partial charge in [0.2, 0.25) is 0 Å². The number of thiophene rings is 1. The third kappa shape index (κ3) is 3.77. The second kappa shape index (κ2) is 6.78. The molecule has 0 spiro atoms. The highest BCUT2D eigenvalue weighted by Gasteiger charge is 2.30. The third-order valence-electron chi connectivity index (χ3n) is 4.32. The minimum atomic E-state index is -0.557. The van der Waals surface area contributed by atoms with Crippen LogP contribution < -0.4 is 5.32 Å². The van der Waals surface area contributed by atoms with E-state index in [-0.39, 0.29) is 10.6 Å². The zero-order chi connectivity index (χ0) is 16.3. The molecule has 6 heteroatoms. The smallest absolute Gasteiger partial charge is 0.278 e. The molecule has 0 atom stereocenters. The summed E-state index contributed by atoms with van der Waals surface area (Å²) in [7, 11) is 0. The van der Waals surface area contributed by atoms with Crippen LogP contribution in [-0.4, -0.2) is 22.2 Å². The Morgan fingerprint density at radius 3 is 2.70 bits per heavy atom. The molecule has 1 aromatic heterocycles. The Balaban J connectivity index is 1.65. The van der Waals surface area contributed by atoms with Gasteiger partial charge in [0.05, 0.1) is 16.1 Å². The van der Waals surface area contributed by atoms with Gasteiger partial charge in [0, 0.05) is 28.9 Å². The van der Waals surface area contributed by atoms with Crippen LogP contribution in [-0.2, 0) is 6.54 Å². The van der Waals surface area contributed by atoms with Gasteiger partial charge in [-0.25, -0.2) is 0 Å². The molecule has 1 aliphatic carbocycles. The summed E-state index contributed by atoms with van der Waals surface area (Å²) >= 11 is 1.55. The number of benzene rings is 1. The van der Waals surface area contributed by atoms with E-state index in [2.05, 4.69) is 5.32 Å². The number of nitrogens with zero attached hydrogens (tertiary/aromatic N) is 1. The fraction of sp³-hybridized carbons (Fsp3) is 0.412. The molecule has 0 aliphatic heterocycles. The fourth-order valence-electron chi connectivity index (χ4n) is 3.09. The summed E-state index contributed by atoms with van der Waals surface area (Å²) in [4.78, 5) is 12.8. The number of nitro groups is 1. The molecule has 23 heavy (non-hydrogen) atoms. The molecule has 2 aromatic rings. The molecule has 1 heterocycles. The molecule has 0 bridgehead atoms. The van der Waals surface area contributed by atoms with Gasteiger partial charge in [0.1, 0.15) is 0 Å². The molecule has 122 valence electrons. The van der Waals surface area contributed by atoms with Gasteiger partial charge in [-0.1, -0.05) is 25.0 Å². The van der Waals surface area contributed by atoms with Crippen LogP contribution in [0.3, 0.4) is 0 Å². The molecule has 0 amide bonds. The van der Waals surface area contributed by atoms with Crippen molar-refractivity contribution >= 4 is 17.0 Å². The first-order valence-corrected chi connectivity index (χ1v) is 8.65. The Hall–Kier alpha value is -1.76. The molecule has 1 fully saturated rings. The zero-order valence-electron chi connectivity index (χ0n) is 12.8. The standard InChI is InChI=1S/C17H20N2O3S/c20-17(9-3-4-10-17)12-18-11-13-7-8-16(23-13)14-5-1-2-6-15(14)19(21)22/h1-2,5-8,18,20H,3-4,9-12H2. The van der Waals surface area contributed by atoms with Crippen molar-refractivity contribution < 1.29 is 10.0 Å². The van der Waals surface area contributed by atoms with Gasteiger partial charge >= 0.3 is 0 Å². The fourth-order valence-corrected chi connectivity index (χ4v) is 4.10. The van der Waals surface area contributed by atoms with Crippen LogP contribution in [0.25, 0.3) is 10.4 Å². The van der Waals surface area contributed by atoms with Gasteiger partial charge < -0.3 is 10.4 Å². The van der Waals surface area contributed by atoms with Gasteiger partial charge in [-0.2, -0.15) is 0 Å². The second-order valence-electron chi connectivity index (χ2n) is 6.08. The molecular weight excluding hydrogens is 312 g/mol. The van der Waals surface area contributed by atoms with E-state index in [1.807, 2.05) is 18.2 Å². The minimum absolute atomic E-state index is 0.133. The van der Waals surface area contributed by atoms with E-state index in [0.717, 1.165) is 35.4 Å². The van der Waals surface area contributed by atoms with E-state index in [1.165, 1.54) is 6.07 Å². The molecule has 0 unspecified atom stereocenters. The van der Waals surface area contributed by atoms with Crippen molar-refractivity contribution in [3.63, 3.8) is 0 Å². The molecular formula is C17H20N2O3S. The highest BCUT2D eigenvalue weighted by atomic mass is 32.1. The number of para-hydroxylation sites is 1. The Bertz CT molecular complexity index is 693. The molecule has 1 aliphatic rings. The van der Waals surface area contributed by atoms with Gasteiger partial charge in [0.25, 0.3) is 5.69 Å². The Labute approximate surface area is 139 Å². The van der Waals surface area contributed by atoms with Crippen molar-refractivity contribution in [3.05, 3.63) is 51.4 Å². The predicted molar refractivity (Wildman–Crippen MR) is 91.5 cm³/mol. The number of hydrogen-bond acceptors (Lipinski definition) is 5. The van der Waals surface area contributed by atoms with Crippen LogP contribution in [0.2, 0.25) is 0 Å². The minimum Gasteiger partial charge on any atom is -0.389 e. The van der Waals surface area contributed by atoms with Crippen molar-refractivity contribution in [1.29, 1.82) is 0 Å². The maximum absolute atomic E-state index is 11.1. The second-order valence-corrected chi connectivity index (χ2v) is 7.24. The number of hydrogen-bond donors (Lipinski definition) is 2. The van der Waals surface area contributed by atoms with Crippen molar-refractivity contribution in [2.45, 2.75) is 37.8 Å². The number of nitro benzene ring substituents is 1. The van der Waals surface area contributed by atoms with E-state index < -0.39 is 5.60 Å². The molecule has 1 saturated carbocycles. The average molecular weight is 332 g/mol.